The lowest BCUT2D eigenvalue weighted by Gasteiger charge is -2.29. The Kier molecular flexibility index (Phi) is 5.63. The van der Waals surface area contributed by atoms with Gasteiger partial charge >= 0.3 is 0 Å². The Morgan fingerprint density at radius 1 is 1.14 bits per heavy atom. The molecule has 0 radical (unpaired) electrons. The number of aliphatic hydroxyl groups is 1. The van der Waals surface area contributed by atoms with Crippen LogP contribution in [0, 0.1) is 0 Å². The molecule has 2 aromatic carbocycles. The molecule has 0 aliphatic carbocycles. The number of halogens is 2. The number of carbonyl (C=O) groups excluding carboxylic acids is 1. The van der Waals surface area contributed by atoms with Gasteiger partial charge in [-0.05, 0) is 60.2 Å². The maximum Gasteiger partial charge on any atom is 0.223 e. The summed E-state index contributed by atoms with van der Waals surface area (Å²) in [5.41, 5.74) is 4.43. The van der Waals surface area contributed by atoms with Crippen LogP contribution in [0.1, 0.15) is 35.6 Å². The molecule has 3 aromatic rings. The third kappa shape index (κ3) is 3.90. The average molecular weight is 417 g/mol. The van der Waals surface area contributed by atoms with E-state index in [1.165, 1.54) is 5.56 Å². The minimum absolute atomic E-state index is 0.0160. The maximum atomic E-state index is 13.0. The van der Waals surface area contributed by atoms with E-state index >= 15 is 0 Å². The van der Waals surface area contributed by atoms with Crippen molar-refractivity contribution in [3.05, 3.63) is 69.3 Å². The molecule has 0 fully saturated rings. The predicted octanol–water partition coefficient (Wildman–Crippen LogP) is 4.92. The molecule has 0 saturated heterocycles. The van der Waals surface area contributed by atoms with Crippen LogP contribution in [-0.2, 0) is 17.8 Å². The van der Waals surface area contributed by atoms with Gasteiger partial charge in [0.15, 0.2) is 0 Å². The van der Waals surface area contributed by atoms with Crippen LogP contribution in [0.3, 0.4) is 0 Å². The number of rotatable bonds is 5. The van der Waals surface area contributed by atoms with Crippen LogP contribution in [0.15, 0.2) is 42.5 Å². The fourth-order valence-corrected chi connectivity index (χ4v) is 4.34. The zero-order valence-electron chi connectivity index (χ0n) is 15.4. The van der Waals surface area contributed by atoms with Gasteiger partial charge in [0.2, 0.25) is 5.91 Å². The summed E-state index contributed by atoms with van der Waals surface area (Å²) in [6.45, 7) is 1.32. The molecule has 146 valence electrons. The van der Waals surface area contributed by atoms with Crippen LogP contribution in [-0.4, -0.2) is 34.0 Å². The fraction of sp³-hybridized carbons (Fsp3) is 0.318. The van der Waals surface area contributed by atoms with E-state index in [0.29, 0.717) is 31.0 Å². The first-order valence-electron chi connectivity index (χ1n) is 9.48. The molecule has 1 atom stereocenters. The van der Waals surface area contributed by atoms with Crippen LogP contribution >= 0.6 is 23.2 Å². The van der Waals surface area contributed by atoms with Gasteiger partial charge in [0.1, 0.15) is 0 Å². The average Bonchev–Trinajstić information content (AvgIpc) is 3.05. The van der Waals surface area contributed by atoms with Crippen molar-refractivity contribution in [2.24, 2.45) is 0 Å². The number of carbonyl (C=O) groups is 1. The highest BCUT2D eigenvalue weighted by molar-refractivity contribution is 6.31. The number of hydrogen-bond donors (Lipinski definition) is 2. The number of aromatic amines is 1. The Morgan fingerprint density at radius 2 is 1.89 bits per heavy atom. The number of hydrogen-bond acceptors (Lipinski definition) is 2. The second kappa shape index (κ2) is 8.16. The van der Waals surface area contributed by atoms with E-state index in [0.717, 1.165) is 33.6 Å². The highest BCUT2D eigenvalue weighted by atomic mass is 35.5. The number of aliphatic hydroxyl groups excluding tert-OH is 1. The van der Waals surface area contributed by atoms with Crippen LogP contribution in [0.4, 0.5) is 0 Å². The van der Waals surface area contributed by atoms with Gasteiger partial charge in [-0.3, -0.25) is 4.79 Å². The molecule has 1 amide bonds. The van der Waals surface area contributed by atoms with E-state index in [1.54, 1.807) is 0 Å². The predicted molar refractivity (Wildman–Crippen MR) is 113 cm³/mol. The number of nitrogens with zero attached hydrogens (tertiary/aromatic N) is 1. The second-order valence-electron chi connectivity index (χ2n) is 7.30. The third-order valence-electron chi connectivity index (χ3n) is 5.53. The molecule has 1 aromatic heterocycles. The SMILES string of the molecule is O=C(CC(CCO)c1ccc(Cl)cc1)N1CCc2c([nH]c3ccc(Cl)cc23)C1. The van der Waals surface area contributed by atoms with Crippen molar-refractivity contribution in [3.8, 4) is 0 Å². The van der Waals surface area contributed by atoms with Crippen molar-refractivity contribution in [2.75, 3.05) is 13.2 Å². The van der Waals surface area contributed by atoms with Crippen LogP contribution in [0.25, 0.3) is 10.9 Å². The smallest absolute Gasteiger partial charge is 0.223 e. The molecule has 1 aliphatic heterocycles. The van der Waals surface area contributed by atoms with Crippen molar-refractivity contribution in [1.82, 2.24) is 9.88 Å². The van der Waals surface area contributed by atoms with Gasteiger partial charge in [-0.25, -0.2) is 0 Å². The Hall–Kier alpha value is -2.01. The Bertz CT molecular complexity index is 998. The normalized spacial score (nSPS) is 14.9. The Labute approximate surface area is 174 Å². The summed E-state index contributed by atoms with van der Waals surface area (Å²) in [5, 5.41) is 12.0. The lowest BCUT2D eigenvalue weighted by molar-refractivity contribution is -0.132. The highest BCUT2D eigenvalue weighted by Crippen LogP contribution is 2.31. The van der Waals surface area contributed by atoms with Gasteiger partial charge in [0.05, 0.1) is 6.54 Å². The number of H-pyrrole nitrogens is 1. The lowest BCUT2D eigenvalue weighted by Crippen LogP contribution is -2.36. The van der Waals surface area contributed by atoms with E-state index in [1.807, 2.05) is 47.4 Å². The first kappa shape index (κ1) is 19.3. The minimum atomic E-state index is -0.0160. The summed E-state index contributed by atoms with van der Waals surface area (Å²) in [6.07, 6.45) is 1.74. The lowest BCUT2D eigenvalue weighted by atomic mass is 9.92. The topological polar surface area (TPSA) is 56.3 Å². The quantitative estimate of drug-likeness (QED) is 0.620. The molecule has 0 saturated carbocycles. The Morgan fingerprint density at radius 3 is 2.64 bits per heavy atom. The molecule has 1 unspecified atom stereocenters. The minimum Gasteiger partial charge on any atom is -0.396 e. The fourth-order valence-electron chi connectivity index (χ4n) is 4.04. The largest absolute Gasteiger partial charge is 0.396 e. The number of nitrogens with one attached hydrogen (secondary N) is 1. The zero-order chi connectivity index (χ0) is 19.7. The summed E-state index contributed by atoms with van der Waals surface area (Å²) < 4.78 is 0. The molecule has 0 spiro atoms. The van der Waals surface area contributed by atoms with Crippen molar-refractivity contribution in [2.45, 2.75) is 31.7 Å². The van der Waals surface area contributed by atoms with Gasteiger partial charge < -0.3 is 15.0 Å². The number of fused-ring (bicyclic) bond motifs is 3. The summed E-state index contributed by atoms with van der Waals surface area (Å²) in [7, 11) is 0. The highest BCUT2D eigenvalue weighted by Gasteiger charge is 2.26. The van der Waals surface area contributed by atoms with Gasteiger partial charge in [-0.2, -0.15) is 0 Å². The number of benzene rings is 2. The summed E-state index contributed by atoms with van der Waals surface area (Å²) in [5.74, 6) is 0.0911. The zero-order valence-corrected chi connectivity index (χ0v) is 16.9. The number of aromatic nitrogens is 1. The van der Waals surface area contributed by atoms with Gasteiger partial charge in [-0.1, -0.05) is 35.3 Å². The molecule has 6 heteroatoms. The molecule has 0 bridgehead atoms. The standard InChI is InChI=1S/C22H22Cl2N2O2/c23-16-3-1-14(2-4-16)15(8-10-27)11-22(28)26-9-7-18-19-12-17(24)5-6-20(19)25-21(18)13-26/h1-6,12,15,25,27H,7-11,13H2. The molecule has 2 heterocycles. The molecule has 2 N–H and O–H groups in total. The van der Waals surface area contributed by atoms with Crippen molar-refractivity contribution in [1.29, 1.82) is 0 Å². The summed E-state index contributed by atoms with van der Waals surface area (Å²) in [4.78, 5) is 18.3. The van der Waals surface area contributed by atoms with Crippen molar-refractivity contribution >= 4 is 40.0 Å². The third-order valence-corrected chi connectivity index (χ3v) is 6.02. The van der Waals surface area contributed by atoms with Crippen molar-refractivity contribution in [3.63, 3.8) is 0 Å². The van der Waals surface area contributed by atoms with Gasteiger partial charge in [-0.15, -0.1) is 0 Å². The van der Waals surface area contributed by atoms with Gasteiger partial charge in [0.25, 0.3) is 0 Å². The van der Waals surface area contributed by atoms with E-state index in [9.17, 15) is 9.90 Å². The first-order chi connectivity index (χ1) is 13.5. The second-order valence-corrected chi connectivity index (χ2v) is 8.18. The van der Waals surface area contributed by atoms with Crippen LogP contribution in [0.5, 0.6) is 0 Å². The maximum absolute atomic E-state index is 13.0. The molecular formula is C22H22Cl2N2O2. The first-order valence-corrected chi connectivity index (χ1v) is 10.2. The molecular weight excluding hydrogens is 395 g/mol. The Balaban J connectivity index is 1.50. The van der Waals surface area contributed by atoms with E-state index in [-0.39, 0.29) is 18.4 Å². The van der Waals surface area contributed by atoms with Crippen LogP contribution < -0.4 is 0 Å². The number of amides is 1. The van der Waals surface area contributed by atoms with Gasteiger partial charge in [0, 0.05) is 46.2 Å². The monoisotopic (exact) mass is 416 g/mol. The molecule has 1 aliphatic rings. The van der Waals surface area contributed by atoms with Crippen LogP contribution in [0.2, 0.25) is 10.0 Å². The van der Waals surface area contributed by atoms with E-state index in [4.69, 9.17) is 23.2 Å². The molecule has 28 heavy (non-hydrogen) atoms. The molecule has 4 rings (SSSR count). The van der Waals surface area contributed by atoms with E-state index < -0.39 is 0 Å². The summed E-state index contributed by atoms with van der Waals surface area (Å²) >= 11 is 12.1. The molecule has 4 nitrogen and oxygen atoms in total. The summed E-state index contributed by atoms with van der Waals surface area (Å²) in [6, 6.07) is 13.4. The van der Waals surface area contributed by atoms with Crippen molar-refractivity contribution < 1.29 is 9.90 Å². The van der Waals surface area contributed by atoms with E-state index in [2.05, 4.69) is 4.98 Å².